The third-order valence-electron chi connectivity index (χ3n) is 2.50. The summed E-state index contributed by atoms with van der Waals surface area (Å²) in [6, 6.07) is 3.45. The zero-order chi connectivity index (χ0) is 13.3. The standard InChI is InChI=1S/C11H12N2O4S/c1-7(11(14)13-18(2,15)16)8-6-17-9-4-3-5-12-10(8)9/h3-7H,1-2H3,(H,13,14). The number of sulfonamides is 1. The predicted octanol–water partition coefficient (Wildman–Crippen LogP) is 1.01. The maximum absolute atomic E-state index is 11.7. The zero-order valence-electron chi connectivity index (χ0n) is 9.88. The van der Waals surface area contributed by atoms with Crippen molar-refractivity contribution in [2.24, 2.45) is 0 Å². The second-order valence-corrected chi connectivity index (χ2v) is 5.75. The molecule has 2 aromatic heterocycles. The van der Waals surface area contributed by atoms with Gasteiger partial charge in [-0.2, -0.15) is 0 Å². The van der Waals surface area contributed by atoms with Crippen molar-refractivity contribution in [3.8, 4) is 0 Å². The zero-order valence-corrected chi connectivity index (χ0v) is 10.7. The summed E-state index contributed by atoms with van der Waals surface area (Å²) in [5, 5.41) is 0. The average Bonchev–Trinajstić information content (AvgIpc) is 2.69. The van der Waals surface area contributed by atoms with E-state index in [1.54, 1.807) is 25.3 Å². The number of rotatable bonds is 3. The fraction of sp³-hybridized carbons (Fsp3) is 0.273. The third-order valence-corrected chi connectivity index (χ3v) is 3.07. The minimum Gasteiger partial charge on any atom is -0.462 e. The van der Waals surface area contributed by atoms with E-state index in [9.17, 15) is 13.2 Å². The lowest BCUT2D eigenvalue weighted by atomic mass is 10.0. The fourth-order valence-electron chi connectivity index (χ4n) is 1.60. The second-order valence-electron chi connectivity index (χ2n) is 4.00. The molecule has 1 atom stereocenters. The highest BCUT2D eigenvalue weighted by molar-refractivity contribution is 7.89. The van der Waals surface area contributed by atoms with Crippen molar-refractivity contribution >= 4 is 27.0 Å². The number of carbonyl (C=O) groups is 1. The Labute approximate surface area is 104 Å². The lowest BCUT2D eigenvalue weighted by Gasteiger charge is -2.08. The summed E-state index contributed by atoms with van der Waals surface area (Å²) < 4.78 is 29.2. The van der Waals surface area contributed by atoms with Crippen LogP contribution in [0.1, 0.15) is 18.4 Å². The number of nitrogens with zero attached hydrogens (tertiary/aromatic N) is 1. The first-order chi connectivity index (χ1) is 8.38. The Kier molecular flexibility index (Phi) is 3.08. The van der Waals surface area contributed by atoms with Gasteiger partial charge in [0.1, 0.15) is 5.52 Å². The molecule has 0 aliphatic carbocycles. The number of hydrogen-bond acceptors (Lipinski definition) is 5. The summed E-state index contributed by atoms with van der Waals surface area (Å²) in [5.74, 6) is -1.26. The Hall–Kier alpha value is -1.89. The van der Waals surface area contributed by atoms with Gasteiger partial charge in [-0.15, -0.1) is 0 Å². The minimum atomic E-state index is -3.56. The molecule has 0 fully saturated rings. The van der Waals surface area contributed by atoms with Gasteiger partial charge in [0.2, 0.25) is 15.9 Å². The molecule has 2 aromatic rings. The van der Waals surface area contributed by atoms with Gasteiger partial charge >= 0.3 is 0 Å². The van der Waals surface area contributed by atoms with E-state index in [1.807, 2.05) is 4.72 Å². The average molecular weight is 268 g/mol. The molecule has 0 saturated carbocycles. The first kappa shape index (κ1) is 12.6. The van der Waals surface area contributed by atoms with Crippen LogP contribution in [0.15, 0.2) is 29.0 Å². The first-order valence-electron chi connectivity index (χ1n) is 5.22. The highest BCUT2D eigenvalue weighted by Gasteiger charge is 2.22. The van der Waals surface area contributed by atoms with Gasteiger partial charge in [0.25, 0.3) is 0 Å². The van der Waals surface area contributed by atoms with E-state index >= 15 is 0 Å². The van der Waals surface area contributed by atoms with Crippen LogP contribution in [0, 0.1) is 0 Å². The summed E-state index contributed by atoms with van der Waals surface area (Å²) in [4.78, 5) is 15.9. The summed E-state index contributed by atoms with van der Waals surface area (Å²) in [6.07, 6.45) is 3.94. The molecule has 7 heteroatoms. The molecular formula is C11H12N2O4S. The highest BCUT2D eigenvalue weighted by atomic mass is 32.2. The van der Waals surface area contributed by atoms with Crippen molar-refractivity contribution in [2.75, 3.05) is 6.26 Å². The molecule has 6 nitrogen and oxygen atoms in total. The van der Waals surface area contributed by atoms with Gasteiger partial charge in [0.05, 0.1) is 18.4 Å². The van der Waals surface area contributed by atoms with Gasteiger partial charge in [0.15, 0.2) is 5.58 Å². The quantitative estimate of drug-likeness (QED) is 0.897. The molecule has 0 aromatic carbocycles. The summed E-state index contributed by atoms with van der Waals surface area (Å²) >= 11 is 0. The fourth-order valence-corrected chi connectivity index (χ4v) is 2.15. The van der Waals surface area contributed by atoms with Gasteiger partial charge in [0, 0.05) is 11.8 Å². The van der Waals surface area contributed by atoms with E-state index < -0.39 is 21.8 Å². The molecule has 0 spiro atoms. The largest absolute Gasteiger partial charge is 0.462 e. The molecule has 0 saturated heterocycles. The van der Waals surface area contributed by atoms with E-state index in [-0.39, 0.29) is 0 Å². The van der Waals surface area contributed by atoms with Crippen LogP contribution in [0.25, 0.3) is 11.1 Å². The number of furan rings is 1. The van der Waals surface area contributed by atoms with Gasteiger partial charge in [-0.1, -0.05) is 0 Å². The Morgan fingerprint density at radius 2 is 2.22 bits per heavy atom. The number of nitrogens with one attached hydrogen (secondary N) is 1. The molecule has 96 valence electrons. The Bertz CT molecular complexity index is 690. The summed E-state index contributed by atoms with van der Waals surface area (Å²) in [7, 11) is -3.56. The predicted molar refractivity (Wildman–Crippen MR) is 65.4 cm³/mol. The van der Waals surface area contributed by atoms with Gasteiger partial charge < -0.3 is 4.42 Å². The summed E-state index contributed by atoms with van der Waals surface area (Å²) in [6.45, 7) is 1.60. The monoisotopic (exact) mass is 268 g/mol. The van der Waals surface area contributed by atoms with Crippen LogP contribution in [0.3, 0.4) is 0 Å². The SMILES string of the molecule is CC(C(=O)NS(C)(=O)=O)c1coc2cccnc12. The summed E-state index contributed by atoms with van der Waals surface area (Å²) in [5.41, 5.74) is 1.69. The molecule has 0 radical (unpaired) electrons. The maximum atomic E-state index is 11.7. The van der Waals surface area contributed by atoms with Crippen LogP contribution < -0.4 is 4.72 Å². The van der Waals surface area contributed by atoms with Crippen molar-refractivity contribution in [3.05, 3.63) is 30.2 Å². The molecule has 2 heterocycles. The molecule has 0 aliphatic heterocycles. The van der Waals surface area contributed by atoms with Crippen LogP contribution in [0.4, 0.5) is 0 Å². The van der Waals surface area contributed by atoms with E-state index in [0.29, 0.717) is 16.7 Å². The van der Waals surface area contributed by atoms with Gasteiger partial charge in [-0.3, -0.25) is 14.5 Å². The second kappa shape index (κ2) is 4.41. The number of fused-ring (bicyclic) bond motifs is 1. The van der Waals surface area contributed by atoms with Gasteiger partial charge in [-0.05, 0) is 19.1 Å². The maximum Gasteiger partial charge on any atom is 0.240 e. The Balaban J connectivity index is 2.34. The lowest BCUT2D eigenvalue weighted by Crippen LogP contribution is -2.32. The van der Waals surface area contributed by atoms with E-state index in [1.165, 1.54) is 6.26 Å². The molecule has 0 aliphatic rings. The number of hydrogen-bond donors (Lipinski definition) is 1. The smallest absolute Gasteiger partial charge is 0.240 e. The Morgan fingerprint density at radius 3 is 2.89 bits per heavy atom. The number of aromatic nitrogens is 1. The topological polar surface area (TPSA) is 89.3 Å². The van der Waals surface area contributed by atoms with Gasteiger partial charge in [-0.25, -0.2) is 8.42 Å². The van der Waals surface area contributed by atoms with E-state index in [2.05, 4.69) is 4.98 Å². The molecule has 1 unspecified atom stereocenters. The molecule has 2 rings (SSSR count). The van der Waals surface area contributed by atoms with Crippen LogP contribution in [-0.2, 0) is 14.8 Å². The number of carbonyl (C=O) groups excluding carboxylic acids is 1. The normalized spacial score (nSPS) is 13.4. The van der Waals surface area contributed by atoms with Crippen molar-refractivity contribution in [3.63, 3.8) is 0 Å². The molecule has 0 bridgehead atoms. The number of amides is 1. The van der Waals surface area contributed by atoms with Crippen LogP contribution in [0.2, 0.25) is 0 Å². The lowest BCUT2D eigenvalue weighted by molar-refractivity contribution is -0.120. The molecular weight excluding hydrogens is 256 g/mol. The molecule has 1 amide bonds. The van der Waals surface area contributed by atoms with Crippen molar-refractivity contribution in [1.82, 2.24) is 9.71 Å². The van der Waals surface area contributed by atoms with Crippen molar-refractivity contribution < 1.29 is 17.6 Å². The van der Waals surface area contributed by atoms with Crippen molar-refractivity contribution in [1.29, 1.82) is 0 Å². The first-order valence-corrected chi connectivity index (χ1v) is 7.11. The molecule has 1 N–H and O–H groups in total. The Morgan fingerprint density at radius 1 is 1.50 bits per heavy atom. The van der Waals surface area contributed by atoms with Crippen LogP contribution in [-0.4, -0.2) is 25.6 Å². The molecule has 18 heavy (non-hydrogen) atoms. The number of pyridine rings is 1. The van der Waals surface area contributed by atoms with Crippen LogP contribution in [0.5, 0.6) is 0 Å². The minimum absolute atomic E-state index is 0.562. The third kappa shape index (κ3) is 2.51. The van der Waals surface area contributed by atoms with E-state index in [0.717, 1.165) is 6.26 Å². The van der Waals surface area contributed by atoms with E-state index in [4.69, 9.17) is 4.42 Å². The van der Waals surface area contributed by atoms with Crippen molar-refractivity contribution in [2.45, 2.75) is 12.8 Å². The highest BCUT2D eigenvalue weighted by Crippen LogP contribution is 2.25. The van der Waals surface area contributed by atoms with Crippen LogP contribution >= 0.6 is 0 Å².